The summed E-state index contributed by atoms with van der Waals surface area (Å²) in [5.41, 5.74) is -3.47. The summed E-state index contributed by atoms with van der Waals surface area (Å²) in [6.45, 7) is 1.09. The number of amides is 1. The lowest BCUT2D eigenvalue weighted by Crippen LogP contribution is -2.69. The van der Waals surface area contributed by atoms with Crippen molar-refractivity contribution >= 4 is 17.6 Å². The Balaban J connectivity index is 2.47. The van der Waals surface area contributed by atoms with Gasteiger partial charge in [-0.3, -0.25) is 4.79 Å². The van der Waals surface area contributed by atoms with Gasteiger partial charge in [-0.25, -0.2) is 4.79 Å². The van der Waals surface area contributed by atoms with Gasteiger partial charge in [-0.05, 0) is 31.2 Å². The van der Waals surface area contributed by atoms with E-state index in [0.29, 0.717) is 0 Å². The molecule has 0 aliphatic heterocycles. The molecule has 8 heteroatoms. The Hall–Kier alpha value is -3.03. The van der Waals surface area contributed by atoms with Gasteiger partial charge in [0.2, 0.25) is 0 Å². The normalized spacial score (nSPS) is 13.4. The molecule has 0 spiro atoms. The fraction of sp³-hybridized carbons (Fsp3) is 0.222. The summed E-state index contributed by atoms with van der Waals surface area (Å²) in [5, 5.41) is 3.86. The monoisotopic (exact) mass is 366 g/mol. The van der Waals surface area contributed by atoms with E-state index in [1.165, 1.54) is 55.5 Å². The topological polar surface area (TPSA) is 67.4 Å². The van der Waals surface area contributed by atoms with Crippen LogP contribution in [0.4, 0.5) is 18.9 Å². The molecule has 0 radical (unpaired) electrons. The maximum absolute atomic E-state index is 13.9. The minimum Gasteiger partial charge on any atom is -0.463 e. The number of benzene rings is 2. The molecule has 2 N–H and O–H groups in total. The predicted molar refractivity (Wildman–Crippen MR) is 89.4 cm³/mol. The van der Waals surface area contributed by atoms with Crippen LogP contribution in [0.25, 0.3) is 0 Å². The minimum absolute atomic E-state index is 0.00811. The first-order valence-electron chi connectivity index (χ1n) is 7.75. The highest BCUT2D eigenvalue weighted by Gasteiger charge is 2.63. The third kappa shape index (κ3) is 4.14. The van der Waals surface area contributed by atoms with E-state index in [-0.39, 0.29) is 17.9 Å². The van der Waals surface area contributed by atoms with E-state index >= 15 is 0 Å². The van der Waals surface area contributed by atoms with Crippen molar-refractivity contribution in [2.24, 2.45) is 0 Å². The first-order chi connectivity index (χ1) is 12.3. The van der Waals surface area contributed by atoms with Gasteiger partial charge in [0.15, 0.2) is 0 Å². The Labute approximate surface area is 148 Å². The van der Waals surface area contributed by atoms with Crippen molar-refractivity contribution in [1.82, 2.24) is 5.32 Å². The molecule has 0 aliphatic rings. The van der Waals surface area contributed by atoms with Crippen molar-refractivity contribution in [3.63, 3.8) is 0 Å². The Morgan fingerprint density at radius 1 is 0.962 bits per heavy atom. The fourth-order valence-corrected chi connectivity index (χ4v) is 2.20. The number of para-hydroxylation sites is 1. The molecule has 2 rings (SSSR count). The lowest BCUT2D eigenvalue weighted by atomic mass is 10.1. The number of halogens is 3. The maximum Gasteiger partial charge on any atom is 0.441 e. The molecule has 0 saturated heterocycles. The highest BCUT2D eigenvalue weighted by molar-refractivity contribution is 5.99. The second kappa shape index (κ2) is 7.90. The van der Waals surface area contributed by atoms with E-state index in [1.54, 1.807) is 17.4 Å². The van der Waals surface area contributed by atoms with Crippen LogP contribution in [0.5, 0.6) is 0 Å². The Morgan fingerprint density at radius 2 is 1.50 bits per heavy atom. The minimum atomic E-state index is -5.17. The summed E-state index contributed by atoms with van der Waals surface area (Å²) in [5.74, 6) is -2.72. The lowest BCUT2D eigenvalue weighted by Gasteiger charge is -2.35. The molecular formula is C18H17F3N2O3. The average Bonchev–Trinajstić information content (AvgIpc) is 2.62. The van der Waals surface area contributed by atoms with Crippen molar-refractivity contribution in [3.8, 4) is 0 Å². The number of hydrogen-bond donors (Lipinski definition) is 2. The zero-order valence-corrected chi connectivity index (χ0v) is 13.8. The van der Waals surface area contributed by atoms with Gasteiger partial charge in [0.05, 0.1) is 6.61 Å². The van der Waals surface area contributed by atoms with Crippen LogP contribution in [-0.4, -0.2) is 30.3 Å². The van der Waals surface area contributed by atoms with Crippen LogP contribution in [-0.2, 0) is 9.53 Å². The third-order valence-electron chi connectivity index (χ3n) is 3.45. The SMILES string of the molecule is CCOC(=O)C(NC(=O)c1ccccc1)(Nc1ccccc1)C(F)(F)F. The molecular weight excluding hydrogens is 349 g/mol. The molecule has 26 heavy (non-hydrogen) atoms. The van der Waals surface area contributed by atoms with Gasteiger partial charge in [0, 0.05) is 11.3 Å². The number of anilines is 1. The summed E-state index contributed by atoms with van der Waals surface area (Å²) in [4.78, 5) is 24.6. The molecule has 138 valence electrons. The largest absolute Gasteiger partial charge is 0.463 e. The van der Waals surface area contributed by atoms with Crippen molar-refractivity contribution in [2.75, 3.05) is 11.9 Å². The smallest absolute Gasteiger partial charge is 0.441 e. The van der Waals surface area contributed by atoms with Gasteiger partial charge in [-0.1, -0.05) is 36.4 Å². The molecule has 1 amide bonds. The fourth-order valence-electron chi connectivity index (χ4n) is 2.20. The number of hydrogen-bond acceptors (Lipinski definition) is 4. The Kier molecular flexibility index (Phi) is 5.86. The first kappa shape index (κ1) is 19.3. The zero-order chi connectivity index (χ0) is 19.2. The predicted octanol–water partition coefficient (Wildman–Crippen LogP) is 3.35. The van der Waals surface area contributed by atoms with E-state index in [9.17, 15) is 22.8 Å². The number of carbonyl (C=O) groups excluding carboxylic acids is 2. The lowest BCUT2D eigenvalue weighted by molar-refractivity contribution is -0.204. The number of alkyl halides is 3. The summed E-state index contributed by atoms with van der Waals surface area (Å²) in [6, 6.07) is 14.6. The second-order valence-corrected chi connectivity index (χ2v) is 5.28. The highest BCUT2D eigenvalue weighted by Crippen LogP contribution is 2.33. The van der Waals surface area contributed by atoms with Gasteiger partial charge in [0.1, 0.15) is 0 Å². The summed E-state index contributed by atoms with van der Waals surface area (Å²) >= 11 is 0. The number of nitrogens with one attached hydrogen (secondary N) is 2. The summed E-state index contributed by atoms with van der Waals surface area (Å²) < 4.78 is 46.4. The zero-order valence-electron chi connectivity index (χ0n) is 13.8. The van der Waals surface area contributed by atoms with E-state index < -0.39 is 23.7 Å². The van der Waals surface area contributed by atoms with E-state index in [2.05, 4.69) is 10.1 Å². The van der Waals surface area contributed by atoms with Crippen LogP contribution < -0.4 is 10.6 Å². The number of esters is 1. The van der Waals surface area contributed by atoms with Gasteiger partial charge >= 0.3 is 17.8 Å². The van der Waals surface area contributed by atoms with Crippen LogP contribution in [0.2, 0.25) is 0 Å². The van der Waals surface area contributed by atoms with Crippen molar-refractivity contribution in [3.05, 3.63) is 66.2 Å². The highest BCUT2D eigenvalue weighted by atomic mass is 19.4. The van der Waals surface area contributed by atoms with E-state index in [1.807, 2.05) is 0 Å². The van der Waals surface area contributed by atoms with Crippen LogP contribution in [0.3, 0.4) is 0 Å². The average molecular weight is 366 g/mol. The van der Waals surface area contributed by atoms with Crippen molar-refractivity contribution < 1.29 is 27.5 Å². The summed E-state index contributed by atoms with van der Waals surface area (Å²) in [7, 11) is 0. The van der Waals surface area contributed by atoms with Crippen LogP contribution in [0.15, 0.2) is 60.7 Å². The molecule has 0 aromatic heterocycles. The number of rotatable bonds is 6. The van der Waals surface area contributed by atoms with Crippen LogP contribution >= 0.6 is 0 Å². The van der Waals surface area contributed by atoms with Gasteiger partial charge < -0.3 is 15.4 Å². The summed E-state index contributed by atoms with van der Waals surface area (Å²) in [6.07, 6.45) is -5.17. The van der Waals surface area contributed by atoms with Crippen LogP contribution in [0.1, 0.15) is 17.3 Å². The molecule has 0 heterocycles. The van der Waals surface area contributed by atoms with Gasteiger partial charge in [0.25, 0.3) is 5.91 Å². The molecule has 0 bridgehead atoms. The second-order valence-electron chi connectivity index (χ2n) is 5.28. The van der Waals surface area contributed by atoms with E-state index in [4.69, 9.17) is 0 Å². The Morgan fingerprint density at radius 3 is 2.00 bits per heavy atom. The molecule has 5 nitrogen and oxygen atoms in total. The Bertz CT molecular complexity index is 751. The maximum atomic E-state index is 13.9. The molecule has 0 aliphatic carbocycles. The molecule has 2 aromatic rings. The molecule has 0 saturated carbocycles. The quantitative estimate of drug-likeness (QED) is 0.608. The van der Waals surface area contributed by atoms with Crippen molar-refractivity contribution in [2.45, 2.75) is 18.8 Å². The van der Waals surface area contributed by atoms with Crippen LogP contribution in [0, 0.1) is 0 Å². The molecule has 1 unspecified atom stereocenters. The standard InChI is InChI=1S/C18H17F3N2O3/c1-2-26-16(25)17(18(19,20)21,22-14-11-7-4-8-12-14)23-15(24)13-9-5-3-6-10-13/h3-12,22H,2H2,1H3,(H,23,24). The molecule has 1 atom stereocenters. The van der Waals surface area contributed by atoms with Gasteiger partial charge in [-0.15, -0.1) is 0 Å². The number of carbonyl (C=O) groups is 2. The number of ether oxygens (including phenoxy) is 1. The third-order valence-corrected chi connectivity index (χ3v) is 3.45. The van der Waals surface area contributed by atoms with Gasteiger partial charge in [-0.2, -0.15) is 13.2 Å². The molecule has 0 fully saturated rings. The first-order valence-corrected chi connectivity index (χ1v) is 7.75. The van der Waals surface area contributed by atoms with Crippen molar-refractivity contribution in [1.29, 1.82) is 0 Å². The van der Waals surface area contributed by atoms with E-state index in [0.717, 1.165) is 0 Å². The molecule has 2 aromatic carbocycles.